The van der Waals surface area contributed by atoms with Gasteiger partial charge in [-0.05, 0) is 48.7 Å². The summed E-state index contributed by atoms with van der Waals surface area (Å²) in [7, 11) is 0. The van der Waals surface area contributed by atoms with Crippen molar-refractivity contribution in [2.45, 2.75) is 19.8 Å². The third kappa shape index (κ3) is 2.77. The molecule has 0 bridgehead atoms. The highest BCUT2D eigenvalue weighted by atomic mass is 19.1. The zero-order valence-electron chi connectivity index (χ0n) is 14.9. The van der Waals surface area contributed by atoms with Crippen LogP contribution in [0.1, 0.15) is 28.2 Å². The Balaban J connectivity index is 1.95. The van der Waals surface area contributed by atoms with Crippen molar-refractivity contribution in [3.8, 4) is 23.2 Å². The normalized spacial score (nSPS) is 18.5. The Labute approximate surface area is 155 Å². The summed E-state index contributed by atoms with van der Waals surface area (Å²) in [5, 5.41) is 25.0. The van der Waals surface area contributed by atoms with Crippen LogP contribution in [0.3, 0.4) is 0 Å². The average Bonchev–Trinajstić information content (AvgIpc) is 3.06. The zero-order chi connectivity index (χ0) is 19.1. The molecule has 0 amide bonds. The van der Waals surface area contributed by atoms with Gasteiger partial charge in [0.05, 0.1) is 17.3 Å². The molecule has 1 aromatic heterocycles. The van der Waals surface area contributed by atoms with Crippen molar-refractivity contribution in [3.05, 3.63) is 70.5 Å². The third-order valence-corrected chi connectivity index (χ3v) is 5.04. The van der Waals surface area contributed by atoms with E-state index in [0.29, 0.717) is 11.1 Å². The van der Waals surface area contributed by atoms with Gasteiger partial charge < -0.3 is 4.74 Å². The maximum Gasteiger partial charge on any atom is 0.244 e. The summed E-state index contributed by atoms with van der Waals surface area (Å²) < 4.78 is 19.4. The molecule has 6 heteroatoms. The lowest BCUT2D eigenvalue weighted by atomic mass is 9.78. The number of ether oxygens (including phenoxy) is 1. The van der Waals surface area contributed by atoms with E-state index < -0.39 is 11.8 Å². The first kappa shape index (κ1) is 17.0. The predicted molar refractivity (Wildman–Crippen MR) is 99.2 cm³/mol. The monoisotopic (exact) mass is 360 g/mol. The lowest BCUT2D eigenvalue weighted by molar-refractivity contribution is 0.436. The number of hydrogen-bond donors (Lipinski definition) is 2. The molecule has 0 spiro atoms. The summed E-state index contributed by atoms with van der Waals surface area (Å²) in [5.74, 6) is -1.72. The SMILES string of the molecule is Cc1ccc(-c2[nH]nc3c2C(c2cccc(F)c2)C(C#N)C(=N)O3)cc1C. The van der Waals surface area contributed by atoms with Gasteiger partial charge in [-0.2, -0.15) is 5.26 Å². The number of nitrogens with zero attached hydrogens (tertiary/aromatic N) is 2. The third-order valence-electron chi connectivity index (χ3n) is 5.04. The maximum atomic E-state index is 13.9. The van der Waals surface area contributed by atoms with Gasteiger partial charge in [0.2, 0.25) is 11.8 Å². The molecule has 0 radical (unpaired) electrons. The molecule has 1 aliphatic heterocycles. The Morgan fingerprint density at radius 3 is 2.70 bits per heavy atom. The summed E-state index contributed by atoms with van der Waals surface area (Å²) in [6, 6.07) is 14.3. The molecule has 27 heavy (non-hydrogen) atoms. The molecular weight excluding hydrogens is 343 g/mol. The molecule has 5 nitrogen and oxygen atoms in total. The molecule has 0 aliphatic carbocycles. The number of nitrogens with one attached hydrogen (secondary N) is 2. The van der Waals surface area contributed by atoms with Crippen molar-refractivity contribution in [1.29, 1.82) is 10.7 Å². The summed E-state index contributed by atoms with van der Waals surface area (Å²) in [6.07, 6.45) is 0. The highest BCUT2D eigenvalue weighted by Gasteiger charge is 2.40. The fourth-order valence-corrected chi connectivity index (χ4v) is 3.50. The predicted octanol–water partition coefficient (Wildman–Crippen LogP) is 4.47. The largest absolute Gasteiger partial charge is 0.422 e. The van der Waals surface area contributed by atoms with Gasteiger partial charge in [-0.25, -0.2) is 4.39 Å². The van der Waals surface area contributed by atoms with E-state index in [9.17, 15) is 9.65 Å². The smallest absolute Gasteiger partial charge is 0.244 e. The summed E-state index contributed by atoms with van der Waals surface area (Å²) in [6.45, 7) is 4.06. The van der Waals surface area contributed by atoms with Crippen LogP contribution in [-0.4, -0.2) is 16.1 Å². The van der Waals surface area contributed by atoms with Gasteiger partial charge in [-0.1, -0.05) is 24.3 Å². The summed E-state index contributed by atoms with van der Waals surface area (Å²) in [5.41, 5.74) is 5.20. The number of rotatable bonds is 2. The molecule has 2 unspecified atom stereocenters. The number of aryl methyl sites for hydroxylation is 2. The van der Waals surface area contributed by atoms with Gasteiger partial charge in [0.15, 0.2) is 0 Å². The molecule has 0 saturated carbocycles. The number of hydrogen-bond acceptors (Lipinski definition) is 4. The molecule has 0 fully saturated rings. The lowest BCUT2D eigenvalue weighted by Crippen LogP contribution is -2.30. The Kier molecular flexibility index (Phi) is 4.00. The van der Waals surface area contributed by atoms with Crippen molar-refractivity contribution in [2.75, 3.05) is 0 Å². The minimum absolute atomic E-state index is 0.183. The van der Waals surface area contributed by atoms with E-state index in [-0.39, 0.29) is 17.6 Å². The minimum atomic E-state index is -0.859. The van der Waals surface area contributed by atoms with Crippen molar-refractivity contribution in [2.24, 2.45) is 5.92 Å². The minimum Gasteiger partial charge on any atom is -0.422 e. The van der Waals surface area contributed by atoms with E-state index in [4.69, 9.17) is 10.1 Å². The van der Waals surface area contributed by atoms with Gasteiger partial charge in [0, 0.05) is 11.5 Å². The Morgan fingerprint density at radius 1 is 1.19 bits per heavy atom. The van der Waals surface area contributed by atoms with Crippen molar-refractivity contribution in [3.63, 3.8) is 0 Å². The molecule has 134 valence electrons. The van der Waals surface area contributed by atoms with E-state index >= 15 is 0 Å². The number of benzene rings is 2. The van der Waals surface area contributed by atoms with E-state index in [2.05, 4.69) is 16.3 Å². The Morgan fingerprint density at radius 2 is 2.00 bits per heavy atom. The van der Waals surface area contributed by atoms with Crippen LogP contribution < -0.4 is 4.74 Å². The molecule has 4 rings (SSSR count). The topological polar surface area (TPSA) is 85.5 Å². The van der Waals surface area contributed by atoms with Gasteiger partial charge >= 0.3 is 0 Å². The van der Waals surface area contributed by atoms with Crippen LogP contribution in [0.2, 0.25) is 0 Å². The van der Waals surface area contributed by atoms with Gasteiger partial charge in [-0.3, -0.25) is 10.5 Å². The molecule has 3 aromatic rings. The average molecular weight is 360 g/mol. The first-order valence-electron chi connectivity index (χ1n) is 8.57. The number of nitriles is 1. The van der Waals surface area contributed by atoms with Crippen LogP contribution in [0.4, 0.5) is 4.39 Å². The number of aromatic amines is 1. The van der Waals surface area contributed by atoms with Crippen LogP contribution in [-0.2, 0) is 0 Å². The fraction of sp³-hybridized carbons (Fsp3) is 0.190. The number of H-pyrrole nitrogens is 1. The first-order chi connectivity index (χ1) is 13.0. The fourth-order valence-electron chi connectivity index (χ4n) is 3.50. The summed E-state index contributed by atoms with van der Waals surface area (Å²) >= 11 is 0. The lowest BCUT2D eigenvalue weighted by Gasteiger charge is -2.28. The van der Waals surface area contributed by atoms with Crippen molar-refractivity contribution in [1.82, 2.24) is 10.2 Å². The molecule has 2 atom stereocenters. The van der Waals surface area contributed by atoms with Crippen LogP contribution in [0, 0.1) is 42.3 Å². The second-order valence-electron chi connectivity index (χ2n) is 6.72. The van der Waals surface area contributed by atoms with Crippen LogP contribution in [0.15, 0.2) is 42.5 Å². The molecule has 1 aliphatic rings. The number of aromatic nitrogens is 2. The van der Waals surface area contributed by atoms with Gasteiger partial charge in [0.25, 0.3) is 0 Å². The number of halogens is 1. The second-order valence-corrected chi connectivity index (χ2v) is 6.72. The van der Waals surface area contributed by atoms with Crippen LogP contribution >= 0.6 is 0 Å². The van der Waals surface area contributed by atoms with Crippen molar-refractivity contribution >= 4 is 5.90 Å². The molecular formula is C21H17FN4O. The van der Waals surface area contributed by atoms with Crippen LogP contribution in [0.5, 0.6) is 5.88 Å². The van der Waals surface area contributed by atoms with E-state index in [1.165, 1.54) is 17.7 Å². The molecule has 2 aromatic carbocycles. The highest BCUT2D eigenvalue weighted by molar-refractivity contribution is 5.86. The van der Waals surface area contributed by atoms with Gasteiger partial charge in [0.1, 0.15) is 11.7 Å². The second kappa shape index (κ2) is 6.36. The zero-order valence-corrected chi connectivity index (χ0v) is 14.9. The highest BCUT2D eigenvalue weighted by Crippen LogP contribution is 2.45. The molecule has 2 N–H and O–H groups in total. The molecule has 2 heterocycles. The van der Waals surface area contributed by atoms with Crippen LogP contribution in [0.25, 0.3) is 11.3 Å². The first-order valence-corrected chi connectivity index (χ1v) is 8.57. The Hall–Kier alpha value is -3.46. The quantitative estimate of drug-likeness (QED) is 0.707. The van der Waals surface area contributed by atoms with Crippen molar-refractivity contribution < 1.29 is 9.13 Å². The summed E-state index contributed by atoms with van der Waals surface area (Å²) in [4.78, 5) is 0. The maximum absolute atomic E-state index is 13.9. The number of fused-ring (bicyclic) bond motifs is 1. The van der Waals surface area contributed by atoms with E-state index in [1.807, 2.05) is 32.0 Å². The standard InChI is InChI=1S/C21H17FN4O/c1-11-6-7-14(8-12(11)2)19-18-17(13-4-3-5-15(22)9-13)16(10-23)20(24)27-21(18)26-25-19/h3-9,16-17,24H,1-2H3,(H,25,26). The Bertz CT molecular complexity index is 1100. The van der Waals surface area contributed by atoms with E-state index in [1.54, 1.807) is 12.1 Å². The molecule has 0 saturated heterocycles. The van der Waals surface area contributed by atoms with Gasteiger partial charge in [-0.15, -0.1) is 5.10 Å². The van der Waals surface area contributed by atoms with E-state index in [0.717, 1.165) is 16.8 Å².